The van der Waals surface area contributed by atoms with Crippen molar-refractivity contribution in [3.05, 3.63) is 40.0 Å². The number of carbonyl (C=O) groups excluding carboxylic acids is 1. The quantitative estimate of drug-likeness (QED) is 0.775. The van der Waals surface area contributed by atoms with Gasteiger partial charge in [-0.25, -0.2) is 9.97 Å². The molecular formula is C14H14N4O2S. The highest BCUT2D eigenvalue weighted by Crippen LogP contribution is 2.28. The van der Waals surface area contributed by atoms with Crippen LogP contribution in [0.2, 0.25) is 0 Å². The number of hydrogen-bond donors (Lipinski definition) is 2. The van der Waals surface area contributed by atoms with E-state index < -0.39 is 0 Å². The Hall–Kier alpha value is -2.41. The summed E-state index contributed by atoms with van der Waals surface area (Å²) in [5.74, 6) is 1.10. The molecule has 0 radical (unpaired) electrons. The molecule has 3 heterocycles. The Kier molecular flexibility index (Phi) is 3.57. The fourth-order valence-corrected chi connectivity index (χ4v) is 2.92. The molecule has 0 aliphatic rings. The topological polar surface area (TPSA) is 79.9 Å². The molecule has 6 nitrogen and oxygen atoms in total. The lowest BCUT2D eigenvalue weighted by Crippen LogP contribution is -2.22. The fourth-order valence-electron chi connectivity index (χ4n) is 2.02. The number of thiophene rings is 1. The van der Waals surface area contributed by atoms with Crippen LogP contribution in [0.15, 0.2) is 24.4 Å². The molecule has 0 aromatic carbocycles. The van der Waals surface area contributed by atoms with Crippen molar-refractivity contribution in [2.75, 3.05) is 7.11 Å². The highest BCUT2D eigenvalue weighted by atomic mass is 32.1. The summed E-state index contributed by atoms with van der Waals surface area (Å²) < 4.78 is 5.20. The lowest BCUT2D eigenvalue weighted by molar-refractivity contribution is 0.0951. The van der Waals surface area contributed by atoms with Crippen LogP contribution in [0.1, 0.15) is 20.4 Å². The number of nitrogens with one attached hydrogen (secondary N) is 2. The zero-order chi connectivity index (χ0) is 14.8. The third kappa shape index (κ3) is 2.73. The fraction of sp³-hybridized carbons (Fsp3) is 0.214. The Morgan fingerprint density at radius 1 is 1.52 bits per heavy atom. The smallest absolute Gasteiger partial charge is 0.265 e. The van der Waals surface area contributed by atoms with E-state index in [1.807, 2.05) is 25.1 Å². The van der Waals surface area contributed by atoms with Gasteiger partial charge in [-0.05, 0) is 25.1 Å². The van der Waals surface area contributed by atoms with E-state index in [9.17, 15) is 4.79 Å². The van der Waals surface area contributed by atoms with Gasteiger partial charge in [-0.2, -0.15) is 0 Å². The number of rotatable bonds is 4. The summed E-state index contributed by atoms with van der Waals surface area (Å²) in [5.41, 5.74) is 1.50. The lowest BCUT2D eigenvalue weighted by atomic mass is 10.3. The third-order valence-electron chi connectivity index (χ3n) is 2.97. The number of aromatic amines is 1. The second-order valence-corrected chi connectivity index (χ2v) is 5.75. The average Bonchev–Trinajstić information content (AvgIpc) is 3.07. The zero-order valence-electron chi connectivity index (χ0n) is 11.6. The Balaban J connectivity index is 1.73. The van der Waals surface area contributed by atoms with E-state index in [-0.39, 0.29) is 5.91 Å². The summed E-state index contributed by atoms with van der Waals surface area (Å²) in [6.07, 6.45) is 1.69. The van der Waals surface area contributed by atoms with Crippen LogP contribution in [-0.4, -0.2) is 28.0 Å². The number of ether oxygens (including phenoxy) is 1. The molecule has 3 rings (SSSR count). The maximum Gasteiger partial charge on any atom is 0.265 e. The molecule has 0 fully saturated rings. The van der Waals surface area contributed by atoms with Gasteiger partial charge in [0.1, 0.15) is 16.5 Å². The number of fused-ring (bicyclic) bond motifs is 1. The van der Waals surface area contributed by atoms with Crippen LogP contribution in [0, 0.1) is 6.92 Å². The lowest BCUT2D eigenvalue weighted by Gasteiger charge is -2.03. The van der Waals surface area contributed by atoms with Crippen LogP contribution in [0.5, 0.6) is 5.75 Å². The molecule has 2 N–H and O–H groups in total. The number of aromatic nitrogens is 3. The molecule has 0 saturated carbocycles. The minimum atomic E-state index is -0.168. The van der Waals surface area contributed by atoms with E-state index in [1.54, 1.807) is 13.3 Å². The molecule has 0 saturated heterocycles. The highest BCUT2D eigenvalue weighted by molar-refractivity contribution is 7.14. The number of pyridine rings is 1. The van der Waals surface area contributed by atoms with Crippen molar-refractivity contribution in [3.63, 3.8) is 0 Å². The molecule has 3 aromatic heterocycles. The molecule has 0 spiro atoms. The maximum atomic E-state index is 12.2. The van der Waals surface area contributed by atoms with E-state index in [0.29, 0.717) is 28.6 Å². The van der Waals surface area contributed by atoms with Gasteiger partial charge in [-0.3, -0.25) is 4.79 Å². The first kappa shape index (κ1) is 13.6. The molecule has 21 heavy (non-hydrogen) atoms. The summed E-state index contributed by atoms with van der Waals surface area (Å²) in [6.45, 7) is 2.25. The van der Waals surface area contributed by atoms with Gasteiger partial charge in [-0.15, -0.1) is 11.3 Å². The second kappa shape index (κ2) is 5.53. The maximum absolute atomic E-state index is 12.2. The van der Waals surface area contributed by atoms with Gasteiger partial charge in [-0.1, -0.05) is 0 Å². The second-order valence-electron chi connectivity index (χ2n) is 4.50. The zero-order valence-corrected chi connectivity index (χ0v) is 12.5. The number of methoxy groups -OCH3 is 1. The van der Waals surface area contributed by atoms with E-state index in [0.717, 1.165) is 10.4 Å². The van der Waals surface area contributed by atoms with Crippen LogP contribution >= 0.6 is 11.3 Å². The molecular weight excluding hydrogens is 288 g/mol. The molecule has 3 aromatic rings. The molecule has 0 aliphatic carbocycles. The van der Waals surface area contributed by atoms with E-state index >= 15 is 0 Å². The van der Waals surface area contributed by atoms with Crippen molar-refractivity contribution in [1.82, 2.24) is 20.3 Å². The summed E-state index contributed by atoms with van der Waals surface area (Å²) in [4.78, 5) is 25.4. The van der Waals surface area contributed by atoms with Gasteiger partial charge in [0.2, 0.25) is 0 Å². The largest absolute Gasteiger partial charge is 0.495 e. The number of nitrogens with zero attached hydrogens (tertiary/aromatic N) is 2. The van der Waals surface area contributed by atoms with Gasteiger partial charge >= 0.3 is 0 Å². The summed E-state index contributed by atoms with van der Waals surface area (Å²) in [6, 6.07) is 5.58. The van der Waals surface area contributed by atoms with Crippen LogP contribution < -0.4 is 10.1 Å². The van der Waals surface area contributed by atoms with Crippen molar-refractivity contribution in [3.8, 4) is 5.75 Å². The standard InChI is InChI=1S/C14H14N4O2S/c1-8-6-10(20-2)12(21-8)14(19)16-7-11-17-9-4-3-5-15-13(9)18-11/h3-6H,7H2,1-2H3,(H,16,19)(H,15,17,18). The monoisotopic (exact) mass is 302 g/mol. The van der Waals surface area contributed by atoms with Crippen LogP contribution in [0.4, 0.5) is 0 Å². The van der Waals surface area contributed by atoms with Gasteiger partial charge in [0, 0.05) is 11.1 Å². The minimum absolute atomic E-state index is 0.168. The molecule has 1 amide bonds. The van der Waals surface area contributed by atoms with Gasteiger partial charge in [0.25, 0.3) is 5.91 Å². The van der Waals surface area contributed by atoms with Crippen molar-refractivity contribution < 1.29 is 9.53 Å². The average molecular weight is 302 g/mol. The van der Waals surface area contributed by atoms with Gasteiger partial charge < -0.3 is 15.0 Å². The number of imidazole rings is 1. The van der Waals surface area contributed by atoms with E-state index in [1.165, 1.54) is 11.3 Å². The van der Waals surface area contributed by atoms with Gasteiger partial charge in [0.15, 0.2) is 5.65 Å². The van der Waals surface area contributed by atoms with Crippen LogP contribution in [0.25, 0.3) is 11.2 Å². The first-order chi connectivity index (χ1) is 10.2. The third-order valence-corrected chi connectivity index (χ3v) is 4.00. The first-order valence-electron chi connectivity index (χ1n) is 6.39. The van der Waals surface area contributed by atoms with Crippen molar-refractivity contribution in [1.29, 1.82) is 0 Å². The first-order valence-corrected chi connectivity index (χ1v) is 7.21. The predicted octanol–water partition coefficient (Wildman–Crippen LogP) is 2.27. The molecule has 7 heteroatoms. The van der Waals surface area contributed by atoms with E-state index in [4.69, 9.17) is 4.74 Å². The van der Waals surface area contributed by atoms with Crippen molar-refractivity contribution >= 4 is 28.4 Å². The number of carbonyl (C=O) groups is 1. The minimum Gasteiger partial charge on any atom is -0.495 e. The Morgan fingerprint density at radius 3 is 3.14 bits per heavy atom. The Morgan fingerprint density at radius 2 is 2.38 bits per heavy atom. The number of H-pyrrole nitrogens is 1. The van der Waals surface area contributed by atoms with Crippen molar-refractivity contribution in [2.24, 2.45) is 0 Å². The Bertz CT molecular complexity index is 760. The number of hydrogen-bond acceptors (Lipinski definition) is 5. The summed E-state index contributed by atoms with van der Waals surface area (Å²) in [7, 11) is 1.56. The van der Waals surface area contributed by atoms with E-state index in [2.05, 4.69) is 20.3 Å². The molecule has 0 atom stereocenters. The van der Waals surface area contributed by atoms with Crippen LogP contribution in [-0.2, 0) is 6.54 Å². The molecule has 0 unspecified atom stereocenters. The Labute approximate surface area is 125 Å². The molecule has 0 aliphatic heterocycles. The van der Waals surface area contributed by atoms with Crippen molar-refractivity contribution in [2.45, 2.75) is 13.5 Å². The highest BCUT2D eigenvalue weighted by Gasteiger charge is 2.16. The predicted molar refractivity (Wildman–Crippen MR) is 80.7 cm³/mol. The van der Waals surface area contributed by atoms with Crippen LogP contribution in [0.3, 0.4) is 0 Å². The SMILES string of the molecule is COc1cc(C)sc1C(=O)NCc1nc2ncccc2[nH]1. The normalized spacial score (nSPS) is 10.8. The van der Waals surface area contributed by atoms with Gasteiger partial charge in [0.05, 0.1) is 19.2 Å². The number of aryl methyl sites for hydroxylation is 1. The molecule has 108 valence electrons. The summed E-state index contributed by atoms with van der Waals surface area (Å²) >= 11 is 1.41. The molecule has 0 bridgehead atoms. The summed E-state index contributed by atoms with van der Waals surface area (Å²) in [5, 5.41) is 2.83. The number of amides is 1.